The number of likely N-dealkylation sites (N-methyl/N-ethyl adjacent to an activating group) is 2. The van der Waals surface area contributed by atoms with E-state index in [0.29, 0.717) is 18.7 Å². The van der Waals surface area contributed by atoms with E-state index in [1.54, 1.807) is 18.1 Å². The highest BCUT2D eigenvalue weighted by molar-refractivity contribution is 5.99. The number of hydrogen-bond donors (Lipinski definition) is 2. The standard InChI is InChI=1S/C24H34N4O2/c1-5-15-28(7-3)16-14-26-24(30)21-9-8-20-18-22(11-10-19(20)17-21)25-13-12-23(29)27(4)6-2/h8-13,17-18,25H,5-7,14-16H2,1-4H3,(H,26,30)/b13-12-. The van der Waals surface area contributed by atoms with Gasteiger partial charge in [0.1, 0.15) is 0 Å². The van der Waals surface area contributed by atoms with Crippen molar-refractivity contribution in [3.8, 4) is 0 Å². The number of nitrogens with zero attached hydrogens (tertiary/aromatic N) is 2. The van der Waals surface area contributed by atoms with Crippen LogP contribution in [0.5, 0.6) is 0 Å². The average molecular weight is 411 g/mol. The van der Waals surface area contributed by atoms with Crippen molar-refractivity contribution in [2.45, 2.75) is 27.2 Å². The molecule has 2 aromatic rings. The predicted molar refractivity (Wildman–Crippen MR) is 125 cm³/mol. The van der Waals surface area contributed by atoms with Crippen molar-refractivity contribution in [2.24, 2.45) is 0 Å². The van der Waals surface area contributed by atoms with Crippen LogP contribution in [0, 0.1) is 0 Å². The highest BCUT2D eigenvalue weighted by Gasteiger charge is 2.08. The minimum absolute atomic E-state index is 0.0433. The largest absolute Gasteiger partial charge is 0.361 e. The van der Waals surface area contributed by atoms with Crippen LogP contribution < -0.4 is 10.6 Å². The first-order chi connectivity index (χ1) is 14.5. The predicted octanol–water partition coefficient (Wildman–Crippen LogP) is 3.71. The van der Waals surface area contributed by atoms with Crippen molar-refractivity contribution in [3.05, 3.63) is 54.2 Å². The van der Waals surface area contributed by atoms with Crippen molar-refractivity contribution < 1.29 is 9.59 Å². The van der Waals surface area contributed by atoms with Crippen molar-refractivity contribution in [3.63, 3.8) is 0 Å². The molecular weight excluding hydrogens is 376 g/mol. The molecule has 0 atom stereocenters. The minimum Gasteiger partial charge on any atom is -0.361 e. The van der Waals surface area contributed by atoms with Crippen molar-refractivity contribution >= 4 is 28.3 Å². The van der Waals surface area contributed by atoms with Gasteiger partial charge in [-0.25, -0.2) is 0 Å². The second-order valence-corrected chi connectivity index (χ2v) is 7.30. The van der Waals surface area contributed by atoms with Crippen molar-refractivity contribution in [2.75, 3.05) is 45.1 Å². The molecule has 0 saturated heterocycles. The van der Waals surface area contributed by atoms with Crippen LogP contribution in [-0.2, 0) is 4.79 Å². The van der Waals surface area contributed by atoms with Gasteiger partial charge < -0.3 is 20.4 Å². The Kier molecular flexibility index (Phi) is 9.35. The van der Waals surface area contributed by atoms with Crippen molar-refractivity contribution in [1.29, 1.82) is 0 Å². The van der Waals surface area contributed by atoms with E-state index in [4.69, 9.17) is 0 Å². The molecular formula is C24H34N4O2. The smallest absolute Gasteiger partial charge is 0.251 e. The zero-order chi connectivity index (χ0) is 21.9. The van der Waals surface area contributed by atoms with Crippen LogP contribution >= 0.6 is 0 Å². The summed E-state index contributed by atoms with van der Waals surface area (Å²) in [4.78, 5) is 28.2. The number of anilines is 1. The summed E-state index contributed by atoms with van der Waals surface area (Å²) in [5, 5.41) is 8.17. The first-order valence-corrected chi connectivity index (χ1v) is 10.7. The lowest BCUT2D eigenvalue weighted by molar-refractivity contribution is -0.124. The number of hydrogen-bond acceptors (Lipinski definition) is 4. The maximum absolute atomic E-state index is 12.5. The third-order valence-corrected chi connectivity index (χ3v) is 5.13. The summed E-state index contributed by atoms with van der Waals surface area (Å²) in [6, 6.07) is 11.6. The average Bonchev–Trinajstić information content (AvgIpc) is 2.77. The maximum Gasteiger partial charge on any atom is 0.251 e. The van der Waals surface area contributed by atoms with Gasteiger partial charge in [-0.1, -0.05) is 26.0 Å². The Morgan fingerprint density at radius 1 is 0.967 bits per heavy atom. The Morgan fingerprint density at radius 2 is 1.70 bits per heavy atom. The molecule has 0 aromatic heterocycles. The van der Waals surface area contributed by atoms with Gasteiger partial charge >= 0.3 is 0 Å². The van der Waals surface area contributed by atoms with E-state index in [-0.39, 0.29) is 11.8 Å². The molecule has 0 fully saturated rings. The number of carbonyl (C=O) groups excluding carboxylic acids is 2. The summed E-state index contributed by atoms with van der Waals surface area (Å²) in [5.41, 5.74) is 1.55. The summed E-state index contributed by atoms with van der Waals surface area (Å²) >= 11 is 0. The summed E-state index contributed by atoms with van der Waals surface area (Å²) in [7, 11) is 1.77. The lowest BCUT2D eigenvalue weighted by Crippen LogP contribution is -2.35. The van der Waals surface area contributed by atoms with Gasteiger partial charge in [-0.15, -0.1) is 0 Å². The molecule has 6 nitrogen and oxygen atoms in total. The molecule has 2 aromatic carbocycles. The molecule has 0 saturated carbocycles. The zero-order valence-corrected chi connectivity index (χ0v) is 18.6. The molecule has 0 unspecified atom stereocenters. The van der Waals surface area contributed by atoms with Crippen LogP contribution in [0.3, 0.4) is 0 Å². The maximum atomic E-state index is 12.5. The van der Waals surface area contributed by atoms with E-state index in [9.17, 15) is 9.59 Å². The Hall–Kier alpha value is -2.86. The third kappa shape index (κ3) is 6.88. The highest BCUT2D eigenvalue weighted by atomic mass is 16.2. The van der Waals surface area contributed by atoms with Gasteiger partial charge in [-0.05, 0) is 61.5 Å². The van der Waals surface area contributed by atoms with Crippen LogP contribution in [0.15, 0.2) is 48.7 Å². The molecule has 0 aliphatic heterocycles. The van der Waals surface area contributed by atoms with Gasteiger partial charge in [0.15, 0.2) is 0 Å². The second-order valence-electron chi connectivity index (χ2n) is 7.30. The highest BCUT2D eigenvalue weighted by Crippen LogP contribution is 2.21. The lowest BCUT2D eigenvalue weighted by atomic mass is 10.1. The number of benzene rings is 2. The van der Waals surface area contributed by atoms with E-state index in [0.717, 1.165) is 42.5 Å². The topological polar surface area (TPSA) is 64.7 Å². The molecule has 0 spiro atoms. The van der Waals surface area contributed by atoms with E-state index < -0.39 is 0 Å². The summed E-state index contributed by atoms with van der Waals surface area (Å²) < 4.78 is 0. The quantitative estimate of drug-likeness (QED) is 0.555. The van der Waals surface area contributed by atoms with Crippen LogP contribution in [0.25, 0.3) is 10.8 Å². The molecule has 0 aliphatic rings. The fourth-order valence-electron chi connectivity index (χ4n) is 3.14. The number of amides is 2. The normalized spacial score (nSPS) is 11.2. The molecule has 6 heteroatoms. The molecule has 2 amide bonds. The molecule has 162 valence electrons. The van der Waals surface area contributed by atoms with Crippen LogP contribution in [0.2, 0.25) is 0 Å². The Morgan fingerprint density at radius 3 is 2.40 bits per heavy atom. The van der Waals surface area contributed by atoms with Crippen LogP contribution in [0.4, 0.5) is 5.69 Å². The summed E-state index contributed by atoms with van der Waals surface area (Å²) in [5.74, 6) is -0.0914. The molecule has 0 aliphatic carbocycles. The van der Waals surface area contributed by atoms with E-state index in [1.165, 1.54) is 6.08 Å². The first kappa shape index (κ1) is 23.4. The summed E-state index contributed by atoms with van der Waals surface area (Å²) in [6.45, 7) is 10.5. The Labute approximate surface area is 179 Å². The minimum atomic E-state index is -0.0480. The van der Waals surface area contributed by atoms with Gasteiger partial charge in [-0.3, -0.25) is 9.59 Å². The fourth-order valence-corrected chi connectivity index (χ4v) is 3.14. The van der Waals surface area contributed by atoms with Gasteiger partial charge in [0, 0.05) is 50.2 Å². The molecule has 0 bridgehead atoms. The number of rotatable bonds is 11. The lowest BCUT2D eigenvalue weighted by Gasteiger charge is -2.19. The number of fused-ring (bicyclic) bond motifs is 1. The Bertz CT molecular complexity index is 879. The molecule has 0 heterocycles. The summed E-state index contributed by atoms with van der Waals surface area (Å²) in [6.07, 6.45) is 4.28. The SMILES string of the molecule is CCCN(CC)CCNC(=O)c1ccc2cc(N/C=C\C(=O)N(C)CC)ccc2c1. The van der Waals surface area contributed by atoms with Gasteiger partial charge in [0.05, 0.1) is 0 Å². The van der Waals surface area contributed by atoms with E-state index in [2.05, 4.69) is 29.4 Å². The molecule has 2 N–H and O–H groups in total. The van der Waals surface area contributed by atoms with Gasteiger partial charge in [0.2, 0.25) is 5.91 Å². The van der Waals surface area contributed by atoms with Gasteiger partial charge in [-0.2, -0.15) is 0 Å². The second kappa shape index (κ2) is 12.0. The molecule has 2 rings (SSSR count). The molecule has 30 heavy (non-hydrogen) atoms. The van der Waals surface area contributed by atoms with Crippen LogP contribution in [0.1, 0.15) is 37.6 Å². The van der Waals surface area contributed by atoms with E-state index in [1.807, 2.05) is 43.3 Å². The Balaban J connectivity index is 1.96. The first-order valence-electron chi connectivity index (χ1n) is 10.7. The number of carbonyl (C=O) groups is 2. The number of nitrogens with one attached hydrogen (secondary N) is 2. The third-order valence-electron chi connectivity index (χ3n) is 5.13. The monoisotopic (exact) mass is 410 g/mol. The van der Waals surface area contributed by atoms with E-state index >= 15 is 0 Å². The van der Waals surface area contributed by atoms with Gasteiger partial charge in [0.25, 0.3) is 5.91 Å². The molecule has 0 radical (unpaired) electrons. The van der Waals surface area contributed by atoms with Crippen LogP contribution in [-0.4, -0.2) is 61.4 Å². The van der Waals surface area contributed by atoms with Crippen molar-refractivity contribution in [1.82, 2.24) is 15.1 Å². The zero-order valence-electron chi connectivity index (χ0n) is 18.6. The fraction of sp³-hybridized carbons (Fsp3) is 0.417.